The van der Waals surface area contributed by atoms with E-state index in [0.29, 0.717) is 6.04 Å². The van der Waals surface area contributed by atoms with Crippen LogP contribution in [0.15, 0.2) is 27.8 Å². The summed E-state index contributed by atoms with van der Waals surface area (Å²) in [5.74, 6) is 1.94. The average Bonchev–Trinajstić information content (AvgIpc) is 3.11. The van der Waals surface area contributed by atoms with Crippen molar-refractivity contribution in [1.29, 1.82) is 0 Å². The molecule has 2 fully saturated rings. The molecule has 154 valence electrons. The van der Waals surface area contributed by atoms with Gasteiger partial charge in [-0.25, -0.2) is 0 Å². The van der Waals surface area contributed by atoms with Crippen molar-refractivity contribution in [3.63, 3.8) is 0 Å². The number of nitrogens with one attached hydrogen (secondary N) is 2. The molecule has 2 N–H and O–H groups in total. The maximum absolute atomic E-state index is 5.71. The van der Waals surface area contributed by atoms with E-state index in [1.165, 1.54) is 25.7 Å². The summed E-state index contributed by atoms with van der Waals surface area (Å²) in [5, 5.41) is 6.93. The molecule has 7 heteroatoms. The molecule has 0 bridgehead atoms. The van der Waals surface area contributed by atoms with Crippen molar-refractivity contribution in [2.45, 2.75) is 57.7 Å². The number of nitrogens with zero attached hydrogens (tertiary/aromatic N) is 3. The van der Waals surface area contributed by atoms with Gasteiger partial charge in [0.1, 0.15) is 5.76 Å². The Morgan fingerprint density at radius 3 is 2.67 bits per heavy atom. The quantitative estimate of drug-likeness (QED) is 0.317. The summed E-state index contributed by atoms with van der Waals surface area (Å²) in [6, 6.07) is 5.57. The van der Waals surface area contributed by atoms with Gasteiger partial charge in [0, 0.05) is 25.2 Å². The van der Waals surface area contributed by atoms with Gasteiger partial charge in [-0.05, 0) is 71.8 Å². The van der Waals surface area contributed by atoms with Crippen LogP contribution in [0.5, 0.6) is 0 Å². The number of aliphatic imine (C=N–C) groups is 1. The zero-order valence-electron chi connectivity index (χ0n) is 17.0. The predicted octanol–water partition coefficient (Wildman–Crippen LogP) is 3.07. The lowest BCUT2D eigenvalue weighted by atomic mass is 10.2. The molecule has 1 aromatic heterocycles. The Morgan fingerprint density at radius 1 is 1.33 bits per heavy atom. The zero-order chi connectivity index (χ0) is 18.4. The van der Waals surface area contributed by atoms with E-state index in [4.69, 9.17) is 9.41 Å². The van der Waals surface area contributed by atoms with Crippen LogP contribution in [0, 0.1) is 0 Å². The lowest BCUT2D eigenvalue weighted by molar-refractivity contribution is 0.215. The summed E-state index contributed by atoms with van der Waals surface area (Å²) >= 11 is 0. The molecule has 1 aliphatic carbocycles. The normalized spacial score (nSPS) is 20.4. The van der Waals surface area contributed by atoms with Crippen molar-refractivity contribution in [3.8, 4) is 0 Å². The number of likely N-dealkylation sites (N-methyl/N-ethyl adjacent to an activating group) is 1. The number of guanidine groups is 1. The molecule has 27 heavy (non-hydrogen) atoms. The smallest absolute Gasteiger partial charge is 0.191 e. The Labute approximate surface area is 181 Å². The monoisotopic (exact) mass is 489 g/mol. The van der Waals surface area contributed by atoms with Crippen molar-refractivity contribution in [2.75, 3.05) is 39.8 Å². The van der Waals surface area contributed by atoms with Crippen molar-refractivity contribution in [1.82, 2.24) is 20.4 Å². The topological polar surface area (TPSA) is 56.0 Å². The van der Waals surface area contributed by atoms with Gasteiger partial charge >= 0.3 is 0 Å². The molecule has 2 unspecified atom stereocenters. The first-order valence-corrected chi connectivity index (χ1v) is 10.2. The molecule has 6 nitrogen and oxygen atoms in total. The Kier molecular flexibility index (Phi) is 9.38. The van der Waals surface area contributed by atoms with Crippen LogP contribution in [-0.4, -0.2) is 67.6 Å². The van der Waals surface area contributed by atoms with Gasteiger partial charge < -0.3 is 15.1 Å². The minimum absolute atomic E-state index is 0. The number of rotatable bonds is 9. The van der Waals surface area contributed by atoms with Crippen LogP contribution in [0.3, 0.4) is 0 Å². The van der Waals surface area contributed by atoms with Crippen LogP contribution in [0.4, 0.5) is 0 Å². The fraction of sp³-hybridized carbons (Fsp3) is 0.750. The molecular weight excluding hydrogens is 453 g/mol. The van der Waals surface area contributed by atoms with E-state index >= 15 is 0 Å². The zero-order valence-corrected chi connectivity index (χ0v) is 19.3. The van der Waals surface area contributed by atoms with Crippen LogP contribution in [0.25, 0.3) is 0 Å². The van der Waals surface area contributed by atoms with Crippen LogP contribution in [-0.2, 0) is 0 Å². The number of likely N-dealkylation sites (tertiary alicyclic amines) is 1. The molecule has 1 aromatic rings. The first-order valence-electron chi connectivity index (χ1n) is 10.2. The molecular formula is C20H36IN5O. The van der Waals surface area contributed by atoms with Crippen molar-refractivity contribution >= 4 is 29.9 Å². The summed E-state index contributed by atoms with van der Waals surface area (Å²) in [6.07, 6.45) is 6.99. The van der Waals surface area contributed by atoms with Gasteiger partial charge in [0.25, 0.3) is 0 Å². The summed E-state index contributed by atoms with van der Waals surface area (Å²) in [5.41, 5.74) is 0. The molecule has 0 aromatic carbocycles. The van der Waals surface area contributed by atoms with E-state index in [9.17, 15) is 0 Å². The summed E-state index contributed by atoms with van der Waals surface area (Å²) in [4.78, 5) is 9.80. The molecule has 2 atom stereocenters. The van der Waals surface area contributed by atoms with Gasteiger partial charge in [0.05, 0.1) is 18.8 Å². The minimum Gasteiger partial charge on any atom is -0.468 e. The maximum atomic E-state index is 5.71. The van der Waals surface area contributed by atoms with E-state index in [1.54, 1.807) is 6.26 Å². The summed E-state index contributed by atoms with van der Waals surface area (Å²) < 4.78 is 5.71. The molecule has 1 saturated heterocycles. The summed E-state index contributed by atoms with van der Waals surface area (Å²) in [7, 11) is 2.22. The van der Waals surface area contributed by atoms with E-state index in [1.807, 2.05) is 6.07 Å². The van der Waals surface area contributed by atoms with Crippen LogP contribution in [0.1, 0.15) is 51.3 Å². The highest BCUT2D eigenvalue weighted by atomic mass is 127. The standard InChI is InChI=1S/C20H35N5O.HI/c1-4-21-20(22-14-16(2)24(3)17-9-10-17)23-15-18(19-8-7-13-26-19)25-11-5-6-12-25;/h7-8,13,16-18H,4-6,9-12,14-15H2,1-3H3,(H2,21,22,23);1H. The SMILES string of the molecule is CCNC(=NCC(C)N(C)C1CC1)NCC(c1ccco1)N1CCCC1.I. The highest BCUT2D eigenvalue weighted by molar-refractivity contribution is 14.0. The van der Waals surface area contributed by atoms with Crippen LogP contribution >= 0.6 is 24.0 Å². The largest absolute Gasteiger partial charge is 0.468 e. The van der Waals surface area contributed by atoms with Crippen molar-refractivity contribution in [2.24, 2.45) is 4.99 Å². The highest BCUT2D eigenvalue weighted by Crippen LogP contribution is 2.27. The van der Waals surface area contributed by atoms with Crippen LogP contribution in [0.2, 0.25) is 0 Å². The van der Waals surface area contributed by atoms with Crippen LogP contribution < -0.4 is 10.6 Å². The lowest BCUT2D eigenvalue weighted by Crippen LogP contribution is -2.43. The molecule has 0 spiro atoms. The molecule has 1 saturated carbocycles. The fourth-order valence-electron chi connectivity index (χ4n) is 3.67. The Balaban J connectivity index is 0.00000261. The van der Waals surface area contributed by atoms with Gasteiger partial charge in [-0.3, -0.25) is 14.8 Å². The Bertz CT molecular complexity index is 555. The Morgan fingerprint density at radius 2 is 2.07 bits per heavy atom. The molecule has 2 heterocycles. The number of furan rings is 1. The number of hydrogen-bond donors (Lipinski definition) is 2. The first-order chi connectivity index (χ1) is 12.7. The van der Waals surface area contributed by atoms with Gasteiger partial charge in [-0.1, -0.05) is 0 Å². The number of halogens is 1. The van der Waals surface area contributed by atoms with Crippen molar-refractivity contribution < 1.29 is 4.42 Å². The van der Waals surface area contributed by atoms with Gasteiger partial charge in [-0.15, -0.1) is 24.0 Å². The second kappa shape index (κ2) is 11.3. The van der Waals surface area contributed by atoms with E-state index < -0.39 is 0 Å². The fourth-order valence-corrected chi connectivity index (χ4v) is 3.67. The van der Waals surface area contributed by atoms with Crippen molar-refractivity contribution in [3.05, 3.63) is 24.2 Å². The van der Waals surface area contributed by atoms with E-state index in [-0.39, 0.29) is 30.0 Å². The molecule has 1 aliphatic heterocycles. The third-order valence-corrected chi connectivity index (χ3v) is 5.59. The Hall–Kier alpha value is -0.800. The van der Waals surface area contributed by atoms with Gasteiger partial charge in [0.2, 0.25) is 0 Å². The predicted molar refractivity (Wildman–Crippen MR) is 122 cm³/mol. The average molecular weight is 489 g/mol. The summed E-state index contributed by atoms with van der Waals surface area (Å²) in [6.45, 7) is 9.16. The minimum atomic E-state index is 0. The second-order valence-electron chi connectivity index (χ2n) is 7.62. The molecule has 3 rings (SSSR count). The lowest BCUT2D eigenvalue weighted by Gasteiger charge is -2.27. The molecule has 2 aliphatic rings. The van der Waals surface area contributed by atoms with Gasteiger partial charge in [0.15, 0.2) is 5.96 Å². The highest BCUT2D eigenvalue weighted by Gasteiger charge is 2.29. The number of hydrogen-bond acceptors (Lipinski definition) is 4. The third kappa shape index (κ3) is 6.64. The molecule has 0 amide bonds. The van der Waals surface area contributed by atoms with Gasteiger partial charge in [-0.2, -0.15) is 0 Å². The first kappa shape index (κ1) is 22.5. The molecule has 0 radical (unpaired) electrons. The third-order valence-electron chi connectivity index (χ3n) is 5.59. The second-order valence-corrected chi connectivity index (χ2v) is 7.62. The van der Waals surface area contributed by atoms with E-state index in [2.05, 4.69) is 47.4 Å². The maximum Gasteiger partial charge on any atom is 0.191 e. The van der Waals surface area contributed by atoms with E-state index in [0.717, 1.165) is 50.5 Å².